The van der Waals surface area contributed by atoms with Crippen LogP contribution in [0.2, 0.25) is 0 Å². The summed E-state index contributed by atoms with van der Waals surface area (Å²) >= 11 is 1.62. The monoisotopic (exact) mass is 372 g/mol. The van der Waals surface area contributed by atoms with Crippen molar-refractivity contribution in [2.45, 2.75) is 59.6 Å². The average molecular weight is 373 g/mol. The maximum absolute atomic E-state index is 13.0. The summed E-state index contributed by atoms with van der Waals surface area (Å²) < 4.78 is 5.84. The summed E-state index contributed by atoms with van der Waals surface area (Å²) in [5.74, 6) is 0.833. The zero-order valence-corrected chi connectivity index (χ0v) is 16.9. The predicted molar refractivity (Wildman–Crippen MR) is 106 cm³/mol. The number of likely N-dealkylation sites (tertiary alicyclic amines) is 1. The van der Waals surface area contributed by atoms with Gasteiger partial charge in [0.2, 0.25) is 0 Å². The van der Waals surface area contributed by atoms with Gasteiger partial charge in [-0.25, -0.2) is 4.98 Å². The first-order valence-corrected chi connectivity index (χ1v) is 10.1. The van der Waals surface area contributed by atoms with Gasteiger partial charge in [0.05, 0.1) is 10.7 Å². The van der Waals surface area contributed by atoms with Gasteiger partial charge in [-0.15, -0.1) is 11.3 Å². The summed E-state index contributed by atoms with van der Waals surface area (Å²) in [4.78, 5) is 19.5. The molecule has 1 fully saturated rings. The van der Waals surface area contributed by atoms with Gasteiger partial charge in [-0.2, -0.15) is 0 Å². The third-order valence-electron chi connectivity index (χ3n) is 4.62. The van der Waals surface area contributed by atoms with Gasteiger partial charge in [0.1, 0.15) is 12.4 Å². The van der Waals surface area contributed by atoms with Gasteiger partial charge in [-0.05, 0) is 49.8 Å². The fourth-order valence-corrected chi connectivity index (χ4v) is 4.14. The predicted octanol–water partition coefficient (Wildman–Crippen LogP) is 5.07. The molecule has 26 heavy (non-hydrogen) atoms. The lowest BCUT2D eigenvalue weighted by atomic mass is 9.87. The Kier molecular flexibility index (Phi) is 5.66. The van der Waals surface area contributed by atoms with Crippen LogP contribution in [-0.4, -0.2) is 28.4 Å². The highest BCUT2D eigenvalue weighted by atomic mass is 32.1. The van der Waals surface area contributed by atoms with Gasteiger partial charge in [-0.1, -0.05) is 26.8 Å². The molecular formula is C21H28N2O2S. The summed E-state index contributed by atoms with van der Waals surface area (Å²) in [7, 11) is 0. The number of nitrogens with zero attached hydrogens (tertiary/aromatic N) is 2. The summed E-state index contributed by atoms with van der Waals surface area (Å²) in [6, 6.07) is 7.86. The Morgan fingerprint density at radius 2 is 2.19 bits per heavy atom. The maximum Gasteiger partial charge on any atom is 0.254 e. The molecule has 0 saturated carbocycles. The molecule has 1 amide bonds. The molecule has 0 radical (unpaired) electrons. The molecule has 0 N–H and O–H groups in total. The normalized spacial score (nSPS) is 17.5. The zero-order chi connectivity index (χ0) is 18.7. The Bertz CT molecular complexity index is 763. The molecule has 1 aromatic heterocycles. The van der Waals surface area contributed by atoms with Gasteiger partial charge >= 0.3 is 0 Å². The molecule has 1 aliphatic heterocycles. The number of thiazole rings is 1. The Balaban J connectivity index is 1.67. The molecule has 4 nitrogen and oxygen atoms in total. The van der Waals surface area contributed by atoms with Crippen molar-refractivity contribution in [3.63, 3.8) is 0 Å². The second-order valence-electron chi connectivity index (χ2n) is 8.23. The number of rotatable bonds is 5. The van der Waals surface area contributed by atoms with Gasteiger partial charge in [0, 0.05) is 23.5 Å². The van der Waals surface area contributed by atoms with Crippen molar-refractivity contribution in [1.82, 2.24) is 9.88 Å². The molecule has 0 aliphatic carbocycles. The van der Waals surface area contributed by atoms with Crippen LogP contribution in [0.5, 0.6) is 5.75 Å². The smallest absolute Gasteiger partial charge is 0.254 e. The molecule has 0 spiro atoms. The molecule has 1 atom stereocenters. The van der Waals surface area contributed by atoms with Crippen molar-refractivity contribution >= 4 is 17.2 Å². The second kappa shape index (κ2) is 7.78. The van der Waals surface area contributed by atoms with Crippen LogP contribution in [0, 0.1) is 12.3 Å². The van der Waals surface area contributed by atoms with Crippen molar-refractivity contribution in [2.24, 2.45) is 5.41 Å². The molecule has 5 heteroatoms. The van der Waals surface area contributed by atoms with Crippen LogP contribution < -0.4 is 4.74 Å². The highest BCUT2D eigenvalue weighted by Crippen LogP contribution is 2.31. The van der Waals surface area contributed by atoms with Crippen LogP contribution in [0.3, 0.4) is 0 Å². The molecule has 1 saturated heterocycles. The van der Waals surface area contributed by atoms with E-state index < -0.39 is 0 Å². The van der Waals surface area contributed by atoms with E-state index >= 15 is 0 Å². The zero-order valence-electron chi connectivity index (χ0n) is 16.1. The number of aryl methyl sites for hydroxylation is 1. The van der Waals surface area contributed by atoms with E-state index in [1.54, 1.807) is 11.3 Å². The summed E-state index contributed by atoms with van der Waals surface area (Å²) in [5, 5.41) is 3.04. The topological polar surface area (TPSA) is 42.4 Å². The van der Waals surface area contributed by atoms with Crippen molar-refractivity contribution in [3.05, 3.63) is 45.9 Å². The fraction of sp³-hybridized carbons (Fsp3) is 0.524. The largest absolute Gasteiger partial charge is 0.487 e. The van der Waals surface area contributed by atoms with Gasteiger partial charge in [0.15, 0.2) is 0 Å². The number of benzene rings is 1. The molecule has 0 bridgehead atoms. The summed E-state index contributed by atoms with van der Waals surface area (Å²) in [6.07, 6.45) is 3.23. The number of hydrogen-bond donors (Lipinski definition) is 0. The Morgan fingerprint density at radius 3 is 2.88 bits per heavy atom. The highest BCUT2D eigenvalue weighted by molar-refractivity contribution is 7.09. The van der Waals surface area contributed by atoms with Crippen LogP contribution in [0.25, 0.3) is 0 Å². The number of carbonyl (C=O) groups excluding carboxylic acids is 1. The molecule has 1 unspecified atom stereocenters. The Labute approximate surface area is 160 Å². The van der Waals surface area contributed by atoms with Crippen LogP contribution in [0.4, 0.5) is 0 Å². The van der Waals surface area contributed by atoms with Gasteiger partial charge < -0.3 is 9.64 Å². The summed E-state index contributed by atoms with van der Waals surface area (Å²) in [5.41, 5.74) is 1.86. The molecule has 2 heterocycles. The minimum atomic E-state index is 0.117. The van der Waals surface area contributed by atoms with Crippen LogP contribution in [0.1, 0.15) is 61.1 Å². The molecular weight excluding hydrogens is 344 g/mol. The number of aromatic nitrogens is 1. The third kappa shape index (κ3) is 4.85. The first-order chi connectivity index (χ1) is 12.3. The lowest BCUT2D eigenvalue weighted by Crippen LogP contribution is -2.37. The van der Waals surface area contributed by atoms with E-state index in [1.165, 1.54) is 0 Å². The number of hydrogen-bond acceptors (Lipinski definition) is 4. The second-order valence-corrected chi connectivity index (χ2v) is 9.30. The SMILES string of the molecule is Cc1nc(COc2cccc(C(=O)N3CCCC3CC(C)(C)C)c2)cs1. The van der Waals surface area contributed by atoms with Crippen molar-refractivity contribution < 1.29 is 9.53 Å². The molecule has 1 aromatic carbocycles. The minimum Gasteiger partial charge on any atom is -0.487 e. The van der Waals surface area contributed by atoms with Crippen LogP contribution in [-0.2, 0) is 6.61 Å². The highest BCUT2D eigenvalue weighted by Gasteiger charge is 2.32. The standard InChI is InChI=1S/C21H28N2O2S/c1-15-22-17(14-26-15)13-25-19-9-5-7-16(11-19)20(24)23-10-6-8-18(23)12-21(2,3)4/h5,7,9,11,14,18H,6,8,10,12-13H2,1-4H3. The third-order valence-corrected chi connectivity index (χ3v) is 5.44. The van der Waals surface area contributed by atoms with E-state index in [4.69, 9.17) is 4.74 Å². The molecule has 140 valence electrons. The minimum absolute atomic E-state index is 0.117. The van der Waals surface area contributed by atoms with E-state index in [0.29, 0.717) is 24.0 Å². The van der Waals surface area contributed by atoms with E-state index in [-0.39, 0.29) is 11.3 Å². The number of carbonyl (C=O) groups is 1. The maximum atomic E-state index is 13.0. The molecule has 2 aromatic rings. The van der Waals surface area contributed by atoms with Crippen molar-refractivity contribution in [3.8, 4) is 5.75 Å². The van der Waals surface area contributed by atoms with Crippen LogP contribution in [0.15, 0.2) is 29.6 Å². The van der Waals surface area contributed by atoms with Crippen LogP contribution >= 0.6 is 11.3 Å². The van der Waals surface area contributed by atoms with Gasteiger partial charge in [-0.3, -0.25) is 4.79 Å². The van der Waals surface area contributed by atoms with E-state index in [1.807, 2.05) is 41.5 Å². The van der Waals surface area contributed by atoms with Crippen molar-refractivity contribution in [1.29, 1.82) is 0 Å². The first kappa shape index (κ1) is 18.9. The fourth-order valence-electron chi connectivity index (χ4n) is 3.54. The number of ether oxygens (including phenoxy) is 1. The van der Waals surface area contributed by atoms with E-state index in [9.17, 15) is 4.79 Å². The lowest BCUT2D eigenvalue weighted by Gasteiger charge is -2.30. The van der Waals surface area contributed by atoms with E-state index in [0.717, 1.165) is 36.5 Å². The molecule has 1 aliphatic rings. The first-order valence-electron chi connectivity index (χ1n) is 9.27. The molecule has 3 rings (SSSR count). The lowest BCUT2D eigenvalue weighted by molar-refractivity contribution is 0.0703. The Hall–Kier alpha value is -1.88. The Morgan fingerprint density at radius 1 is 1.38 bits per heavy atom. The van der Waals surface area contributed by atoms with E-state index in [2.05, 4.69) is 25.8 Å². The van der Waals surface area contributed by atoms with Crippen molar-refractivity contribution in [2.75, 3.05) is 6.54 Å². The quantitative estimate of drug-likeness (QED) is 0.736. The summed E-state index contributed by atoms with van der Waals surface area (Å²) in [6.45, 7) is 9.98. The average Bonchev–Trinajstić information content (AvgIpc) is 3.20. The number of amides is 1. The van der Waals surface area contributed by atoms with Gasteiger partial charge in [0.25, 0.3) is 5.91 Å².